The third-order valence-corrected chi connectivity index (χ3v) is 3.46. The van der Waals surface area contributed by atoms with Crippen LogP contribution in [0.4, 0.5) is 4.39 Å². The Hall–Kier alpha value is -1.41. The predicted molar refractivity (Wildman–Crippen MR) is 75.5 cm³/mol. The quantitative estimate of drug-likeness (QED) is 0.823. The summed E-state index contributed by atoms with van der Waals surface area (Å²) in [4.78, 5) is 2.14. The number of likely N-dealkylation sites (tertiary alicyclic amines) is 1. The Morgan fingerprint density at radius 2 is 2.25 bits per heavy atom. The molecule has 0 aliphatic carbocycles. The van der Waals surface area contributed by atoms with Crippen molar-refractivity contribution in [2.75, 3.05) is 19.7 Å². The minimum atomic E-state index is -0.636. The molecule has 0 aromatic heterocycles. The topological polar surface area (TPSA) is 43.7 Å². The van der Waals surface area contributed by atoms with Gasteiger partial charge in [0.2, 0.25) is 0 Å². The monoisotopic (exact) mass is 277 g/mol. The van der Waals surface area contributed by atoms with Crippen LogP contribution in [0.3, 0.4) is 0 Å². The van der Waals surface area contributed by atoms with Crippen LogP contribution in [-0.2, 0) is 6.54 Å². The van der Waals surface area contributed by atoms with Crippen molar-refractivity contribution in [1.29, 1.82) is 0 Å². The van der Waals surface area contributed by atoms with Crippen LogP contribution in [0.1, 0.15) is 30.9 Å². The first-order valence-electron chi connectivity index (χ1n) is 6.83. The molecule has 0 saturated carbocycles. The van der Waals surface area contributed by atoms with E-state index < -0.39 is 5.60 Å². The van der Waals surface area contributed by atoms with Gasteiger partial charge in [-0.2, -0.15) is 0 Å². The van der Waals surface area contributed by atoms with E-state index in [9.17, 15) is 9.50 Å². The first-order valence-corrected chi connectivity index (χ1v) is 6.83. The summed E-state index contributed by atoms with van der Waals surface area (Å²) in [7, 11) is 0. The minimum absolute atomic E-state index is 0.00659. The highest BCUT2D eigenvalue weighted by Gasteiger charge is 2.31. The number of benzene rings is 1. The zero-order chi connectivity index (χ0) is 14.6. The SMILES string of the molecule is CC1(O)CCN(Cc2ccc(F)cc2C#CCCO)C1. The molecule has 0 radical (unpaired) electrons. The number of rotatable bonds is 3. The van der Waals surface area contributed by atoms with Gasteiger partial charge in [0.15, 0.2) is 0 Å². The fourth-order valence-electron chi connectivity index (χ4n) is 2.43. The summed E-state index contributed by atoms with van der Waals surface area (Å²) in [5.41, 5.74) is 0.975. The summed E-state index contributed by atoms with van der Waals surface area (Å²) in [5.74, 6) is 5.43. The highest BCUT2D eigenvalue weighted by molar-refractivity contribution is 5.41. The highest BCUT2D eigenvalue weighted by atomic mass is 19.1. The Morgan fingerprint density at radius 3 is 2.90 bits per heavy atom. The second kappa shape index (κ2) is 6.36. The predicted octanol–water partition coefficient (Wildman–Crippen LogP) is 1.52. The smallest absolute Gasteiger partial charge is 0.124 e. The van der Waals surface area contributed by atoms with Crippen LogP contribution >= 0.6 is 0 Å². The molecule has 0 amide bonds. The van der Waals surface area contributed by atoms with E-state index in [1.54, 1.807) is 6.07 Å². The summed E-state index contributed by atoms with van der Waals surface area (Å²) in [6.45, 7) is 3.94. The molecule has 1 aliphatic heterocycles. The van der Waals surface area contributed by atoms with Crippen molar-refractivity contribution in [2.24, 2.45) is 0 Å². The normalized spacial score (nSPS) is 22.6. The van der Waals surface area contributed by atoms with Crippen molar-refractivity contribution in [2.45, 2.75) is 31.9 Å². The summed E-state index contributed by atoms with van der Waals surface area (Å²) < 4.78 is 13.3. The first kappa shape index (κ1) is 15.0. The standard InChI is InChI=1S/C16H20FNO2/c1-16(20)7-8-18(12-16)11-14-5-6-15(17)10-13(14)4-2-3-9-19/h5-6,10,19-20H,3,7-9,11-12H2,1H3. The lowest BCUT2D eigenvalue weighted by molar-refractivity contribution is 0.0679. The van der Waals surface area contributed by atoms with Crippen molar-refractivity contribution in [1.82, 2.24) is 4.90 Å². The van der Waals surface area contributed by atoms with Crippen LogP contribution in [0.15, 0.2) is 18.2 Å². The van der Waals surface area contributed by atoms with Gasteiger partial charge in [0, 0.05) is 31.6 Å². The maximum absolute atomic E-state index is 13.3. The van der Waals surface area contributed by atoms with Crippen molar-refractivity contribution in [3.63, 3.8) is 0 Å². The van der Waals surface area contributed by atoms with Gasteiger partial charge in [-0.15, -0.1) is 0 Å². The van der Waals surface area contributed by atoms with Crippen LogP contribution in [0.25, 0.3) is 0 Å². The molecule has 4 heteroatoms. The molecule has 0 spiro atoms. The number of aliphatic hydroxyl groups is 2. The summed E-state index contributed by atoms with van der Waals surface area (Å²) >= 11 is 0. The third-order valence-electron chi connectivity index (χ3n) is 3.46. The molecule has 20 heavy (non-hydrogen) atoms. The number of aliphatic hydroxyl groups excluding tert-OH is 1. The molecule has 1 atom stereocenters. The second-order valence-electron chi connectivity index (χ2n) is 5.53. The Morgan fingerprint density at radius 1 is 1.45 bits per heavy atom. The Balaban J connectivity index is 2.13. The third kappa shape index (κ3) is 4.04. The molecule has 1 heterocycles. The molecular weight excluding hydrogens is 257 g/mol. The number of β-amino-alcohol motifs (C(OH)–C–C–N with tert-alkyl or cyclic N) is 1. The zero-order valence-electron chi connectivity index (χ0n) is 11.7. The average molecular weight is 277 g/mol. The zero-order valence-corrected chi connectivity index (χ0v) is 11.7. The van der Waals surface area contributed by atoms with Gasteiger partial charge in [0.1, 0.15) is 5.82 Å². The van der Waals surface area contributed by atoms with Crippen LogP contribution in [-0.4, -0.2) is 40.4 Å². The van der Waals surface area contributed by atoms with E-state index in [4.69, 9.17) is 5.11 Å². The van der Waals surface area contributed by atoms with Gasteiger partial charge >= 0.3 is 0 Å². The highest BCUT2D eigenvalue weighted by Crippen LogP contribution is 2.23. The van der Waals surface area contributed by atoms with E-state index in [1.165, 1.54) is 12.1 Å². The molecule has 1 saturated heterocycles. The Kier molecular flexibility index (Phi) is 4.77. The van der Waals surface area contributed by atoms with Gasteiger partial charge in [0.05, 0.1) is 12.2 Å². The molecular formula is C16H20FNO2. The molecule has 2 rings (SSSR count). The minimum Gasteiger partial charge on any atom is -0.395 e. The molecule has 2 N–H and O–H groups in total. The van der Waals surface area contributed by atoms with Gasteiger partial charge in [-0.3, -0.25) is 4.90 Å². The number of hydrogen-bond donors (Lipinski definition) is 2. The van der Waals surface area contributed by atoms with Gasteiger partial charge < -0.3 is 10.2 Å². The van der Waals surface area contributed by atoms with E-state index in [0.717, 1.165) is 18.5 Å². The molecule has 108 valence electrons. The van der Waals surface area contributed by atoms with Crippen molar-refractivity contribution in [3.05, 3.63) is 35.1 Å². The van der Waals surface area contributed by atoms with Gasteiger partial charge in [-0.1, -0.05) is 17.9 Å². The van der Waals surface area contributed by atoms with Crippen molar-refractivity contribution < 1.29 is 14.6 Å². The van der Waals surface area contributed by atoms with E-state index in [-0.39, 0.29) is 12.4 Å². The van der Waals surface area contributed by atoms with E-state index in [0.29, 0.717) is 25.1 Å². The fourth-order valence-corrected chi connectivity index (χ4v) is 2.43. The summed E-state index contributed by atoms with van der Waals surface area (Å²) in [6, 6.07) is 4.60. The summed E-state index contributed by atoms with van der Waals surface area (Å²) in [5, 5.41) is 18.7. The maximum atomic E-state index is 13.3. The van der Waals surface area contributed by atoms with E-state index in [2.05, 4.69) is 16.7 Å². The lowest BCUT2D eigenvalue weighted by Crippen LogP contribution is -2.29. The average Bonchev–Trinajstić information content (AvgIpc) is 2.72. The van der Waals surface area contributed by atoms with Crippen LogP contribution < -0.4 is 0 Å². The number of halogens is 1. The lowest BCUT2D eigenvalue weighted by atomic mass is 10.1. The first-order chi connectivity index (χ1) is 9.50. The molecule has 1 aromatic rings. The van der Waals surface area contributed by atoms with Gasteiger partial charge in [-0.05, 0) is 31.0 Å². The lowest BCUT2D eigenvalue weighted by Gasteiger charge is -2.19. The Labute approximate surface area is 119 Å². The van der Waals surface area contributed by atoms with Crippen molar-refractivity contribution >= 4 is 0 Å². The molecule has 1 aromatic carbocycles. The fraction of sp³-hybridized carbons (Fsp3) is 0.500. The van der Waals surface area contributed by atoms with Gasteiger partial charge in [-0.25, -0.2) is 4.39 Å². The Bertz CT molecular complexity index is 531. The van der Waals surface area contributed by atoms with E-state index >= 15 is 0 Å². The van der Waals surface area contributed by atoms with Crippen LogP contribution in [0.2, 0.25) is 0 Å². The molecule has 3 nitrogen and oxygen atoms in total. The maximum Gasteiger partial charge on any atom is 0.124 e. The van der Waals surface area contributed by atoms with Gasteiger partial charge in [0.25, 0.3) is 0 Å². The second-order valence-corrected chi connectivity index (χ2v) is 5.53. The summed E-state index contributed by atoms with van der Waals surface area (Å²) in [6.07, 6.45) is 1.13. The number of hydrogen-bond acceptors (Lipinski definition) is 3. The van der Waals surface area contributed by atoms with Crippen molar-refractivity contribution in [3.8, 4) is 11.8 Å². The van der Waals surface area contributed by atoms with E-state index in [1.807, 2.05) is 6.92 Å². The van der Waals surface area contributed by atoms with Crippen LogP contribution in [0.5, 0.6) is 0 Å². The largest absolute Gasteiger partial charge is 0.395 e. The molecule has 1 unspecified atom stereocenters. The molecule has 1 fully saturated rings. The molecule has 0 bridgehead atoms. The molecule has 1 aliphatic rings. The number of nitrogens with zero attached hydrogens (tertiary/aromatic N) is 1. The van der Waals surface area contributed by atoms with Crippen LogP contribution in [0, 0.1) is 17.7 Å².